The van der Waals surface area contributed by atoms with Gasteiger partial charge in [-0.05, 0) is 42.9 Å². The first-order valence-corrected chi connectivity index (χ1v) is 12.2. The minimum atomic E-state index is -0.415. The summed E-state index contributed by atoms with van der Waals surface area (Å²) in [7, 11) is 0. The van der Waals surface area contributed by atoms with E-state index in [-0.39, 0.29) is 10.9 Å². The number of halogens is 1. The van der Waals surface area contributed by atoms with E-state index in [0.29, 0.717) is 33.7 Å². The van der Waals surface area contributed by atoms with Gasteiger partial charge in [0, 0.05) is 60.7 Å². The predicted octanol–water partition coefficient (Wildman–Crippen LogP) is 3.79. The lowest BCUT2D eigenvalue weighted by Crippen LogP contribution is -2.29. The second-order valence-electron chi connectivity index (χ2n) is 9.19. The van der Waals surface area contributed by atoms with Gasteiger partial charge >= 0.3 is 0 Å². The van der Waals surface area contributed by atoms with Gasteiger partial charge in [-0.25, -0.2) is 13.9 Å². The lowest BCUT2D eigenvalue weighted by Gasteiger charge is -2.18. The fraction of sp³-hybridized carbons (Fsp3) is 0.320. The number of amides is 1. The number of hydrogen-bond donors (Lipinski definition) is 0. The molecule has 2 aliphatic rings. The molecule has 0 unspecified atom stereocenters. The van der Waals surface area contributed by atoms with Gasteiger partial charge in [0.05, 0.1) is 23.5 Å². The second kappa shape index (κ2) is 8.20. The molecule has 4 aromatic heterocycles. The number of hydrogen-bond acceptors (Lipinski definition) is 6. The number of rotatable bonds is 5. The normalized spacial score (nSPS) is 20.7. The van der Waals surface area contributed by atoms with Crippen LogP contribution >= 0.6 is 11.8 Å². The van der Waals surface area contributed by atoms with Crippen LogP contribution in [0.5, 0.6) is 0 Å². The van der Waals surface area contributed by atoms with Crippen molar-refractivity contribution in [2.75, 3.05) is 13.1 Å². The van der Waals surface area contributed by atoms with E-state index in [1.165, 1.54) is 24.0 Å². The topological polar surface area (TPSA) is 92.1 Å². The van der Waals surface area contributed by atoms with Crippen molar-refractivity contribution in [3.63, 3.8) is 0 Å². The Kier molecular flexibility index (Phi) is 5.11. The van der Waals surface area contributed by atoms with Crippen LogP contribution in [0.15, 0.2) is 52.9 Å². The Balaban J connectivity index is 1.32. The van der Waals surface area contributed by atoms with Crippen molar-refractivity contribution in [2.45, 2.75) is 30.3 Å². The molecule has 1 aliphatic heterocycles. The van der Waals surface area contributed by atoms with Gasteiger partial charge in [-0.15, -0.1) is 0 Å². The molecule has 6 rings (SSSR count). The Morgan fingerprint density at radius 3 is 2.80 bits per heavy atom. The number of aromatic nitrogens is 5. The quantitative estimate of drug-likeness (QED) is 0.425. The molecule has 1 saturated carbocycles. The maximum absolute atomic E-state index is 14.4. The number of carbonyl (C=O) groups is 1. The minimum absolute atomic E-state index is 0.154. The van der Waals surface area contributed by atoms with Crippen molar-refractivity contribution in [1.29, 1.82) is 5.26 Å². The zero-order valence-electron chi connectivity index (χ0n) is 19.2. The highest BCUT2D eigenvalue weighted by Gasteiger charge is 2.56. The van der Waals surface area contributed by atoms with Crippen molar-refractivity contribution >= 4 is 23.2 Å². The van der Waals surface area contributed by atoms with Gasteiger partial charge in [-0.3, -0.25) is 9.48 Å². The van der Waals surface area contributed by atoms with Crippen LogP contribution in [-0.4, -0.2) is 48.3 Å². The summed E-state index contributed by atoms with van der Waals surface area (Å²) in [6, 6.07) is 7.04. The van der Waals surface area contributed by atoms with E-state index < -0.39 is 5.82 Å². The molecule has 3 atom stereocenters. The number of likely N-dealkylation sites (tertiary alicyclic amines) is 1. The SMILES string of the molecule is CC(=O)N1C[C@@H]2[C@H](C1)[C@@H]2Cn1ncc(-c2cc(Sc3ncccc3F)c3c(C#N)cnn3c2)c1C. The average Bonchev–Trinajstić information content (AvgIpc) is 3.25. The van der Waals surface area contributed by atoms with Crippen molar-refractivity contribution in [2.24, 2.45) is 17.8 Å². The van der Waals surface area contributed by atoms with Crippen LogP contribution in [0.25, 0.3) is 16.6 Å². The molecule has 1 saturated heterocycles. The number of fused-ring (bicyclic) bond motifs is 2. The molecule has 2 fully saturated rings. The van der Waals surface area contributed by atoms with Crippen LogP contribution in [0.1, 0.15) is 18.2 Å². The fourth-order valence-corrected chi connectivity index (χ4v) is 6.21. The molecular formula is C25H22FN7OS. The molecule has 5 heterocycles. The molecule has 35 heavy (non-hydrogen) atoms. The molecule has 0 aromatic carbocycles. The van der Waals surface area contributed by atoms with E-state index in [4.69, 9.17) is 0 Å². The van der Waals surface area contributed by atoms with Gasteiger partial charge in [0.2, 0.25) is 5.91 Å². The van der Waals surface area contributed by atoms with Gasteiger partial charge in [0.25, 0.3) is 0 Å². The largest absolute Gasteiger partial charge is 0.342 e. The number of pyridine rings is 2. The Bertz CT molecular complexity index is 1510. The molecule has 0 spiro atoms. The summed E-state index contributed by atoms with van der Waals surface area (Å²) >= 11 is 1.18. The molecule has 0 bridgehead atoms. The summed E-state index contributed by atoms with van der Waals surface area (Å²) in [5.74, 6) is 1.41. The van der Waals surface area contributed by atoms with Gasteiger partial charge in [0.1, 0.15) is 11.1 Å². The van der Waals surface area contributed by atoms with Crippen molar-refractivity contribution in [3.05, 3.63) is 60.1 Å². The minimum Gasteiger partial charge on any atom is -0.342 e. The monoisotopic (exact) mass is 487 g/mol. The van der Waals surface area contributed by atoms with Gasteiger partial charge in [-0.2, -0.15) is 15.5 Å². The first kappa shape index (κ1) is 21.8. The van der Waals surface area contributed by atoms with E-state index >= 15 is 0 Å². The number of nitrogens with zero attached hydrogens (tertiary/aromatic N) is 7. The summed E-state index contributed by atoms with van der Waals surface area (Å²) in [6.45, 7) is 6.20. The van der Waals surface area contributed by atoms with E-state index in [2.05, 4.69) is 21.3 Å². The number of carbonyl (C=O) groups excluding carboxylic acids is 1. The third kappa shape index (κ3) is 3.67. The van der Waals surface area contributed by atoms with E-state index in [9.17, 15) is 14.4 Å². The number of nitriles is 1. The van der Waals surface area contributed by atoms with Crippen molar-refractivity contribution in [1.82, 2.24) is 29.3 Å². The molecule has 0 radical (unpaired) electrons. The number of piperidine rings is 1. The molecular weight excluding hydrogens is 465 g/mol. The molecule has 1 amide bonds. The molecule has 176 valence electrons. The Hall–Kier alpha value is -3.71. The third-order valence-corrected chi connectivity index (χ3v) is 8.27. The summed E-state index contributed by atoms with van der Waals surface area (Å²) in [5.41, 5.74) is 3.91. The van der Waals surface area contributed by atoms with Crippen LogP contribution < -0.4 is 0 Å². The molecule has 10 heteroatoms. The summed E-state index contributed by atoms with van der Waals surface area (Å²) in [5, 5.41) is 18.8. The standard InChI is InChI=1S/C25H22FN7OS/c1-14-18(9-30-32(14)13-21-19-11-31(15(2)34)12-20(19)21)16-6-23(35-25-22(26)4-3-5-28-25)24-17(7-27)8-29-33(24)10-16/h3-6,8-10,19-21H,11-13H2,1-2H3/t19-,20+,21-. The predicted molar refractivity (Wildman–Crippen MR) is 127 cm³/mol. The van der Waals surface area contributed by atoms with Gasteiger partial charge in [0.15, 0.2) is 5.82 Å². The molecule has 8 nitrogen and oxygen atoms in total. The maximum atomic E-state index is 14.4. The zero-order valence-corrected chi connectivity index (χ0v) is 20.0. The summed E-state index contributed by atoms with van der Waals surface area (Å²) < 4.78 is 18.1. The smallest absolute Gasteiger partial charge is 0.219 e. The summed E-state index contributed by atoms with van der Waals surface area (Å²) in [4.78, 5) is 18.4. The van der Waals surface area contributed by atoms with Crippen LogP contribution in [0.3, 0.4) is 0 Å². The maximum Gasteiger partial charge on any atom is 0.219 e. The second-order valence-corrected chi connectivity index (χ2v) is 10.2. The Labute approximate surface area is 205 Å². The Morgan fingerprint density at radius 1 is 1.29 bits per heavy atom. The van der Waals surface area contributed by atoms with Crippen molar-refractivity contribution < 1.29 is 9.18 Å². The van der Waals surface area contributed by atoms with Crippen LogP contribution in [0, 0.1) is 41.8 Å². The molecule has 0 N–H and O–H groups in total. The van der Waals surface area contributed by atoms with Gasteiger partial charge < -0.3 is 4.90 Å². The lowest BCUT2D eigenvalue weighted by atomic mass is 10.1. The van der Waals surface area contributed by atoms with Gasteiger partial charge in [-0.1, -0.05) is 11.8 Å². The van der Waals surface area contributed by atoms with E-state index in [0.717, 1.165) is 36.5 Å². The van der Waals surface area contributed by atoms with Crippen LogP contribution in [0.4, 0.5) is 4.39 Å². The van der Waals surface area contributed by atoms with E-state index in [1.54, 1.807) is 23.7 Å². The van der Waals surface area contributed by atoms with Crippen LogP contribution in [0.2, 0.25) is 0 Å². The highest BCUT2D eigenvalue weighted by Crippen LogP contribution is 2.52. The highest BCUT2D eigenvalue weighted by atomic mass is 32.2. The highest BCUT2D eigenvalue weighted by molar-refractivity contribution is 7.99. The first-order chi connectivity index (χ1) is 16.9. The fourth-order valence-electron chi connectivity index (χ4n) is 5.23. The van der Waals surface area contributed by atoms with Crippen LogP contribution in [-0.2, 0) is 11.3 Å². The Morgan fingerprint density at radius 2 is 2.09 bits per heavy atom. The lowest BCUT2D eigenvalue weighted by molar-refractivity contribution is -0.128. The molecule has 1 aliphatic carbocycles. The third-order valence-electron chi connectivity index (χ3n) is 7.24. The first-order valence-electron chi connectivity index (χ1n) is 11.4. The molecule has 4 aromatic rings. The zero-order chi connectivity index (χ0) is 24.3. The van der Waals surface area contributed by atoms with E-state index in [1.807, 2.05) is 35.0 Å². The summed E-state index contributed by atoms with van der Waals surface area (Å²) in [6.07, 6.45) is 6.79. The van der Waals surface area contributed by atoms with Crippen molar-refractivity contribution in [3.8, 4) is 17.2 Å². The average molecular weight is 488 g/mol.